The van der Waals surface area contributed by atoms with Gasteiger partial charge in [-0.3, -0.25) is 0 Å². The minimum absolute atomic E-state index is 0.0743. The summed E-state index contributed by atoms with van der Waals surface area (Å²) >= 11 is 0. The van der Waals surface area contributed by atoms with E-state index < -0.39 is 5.60 Å². The highest BCUT2D eigenvalue weighted by molar-refractivity contribution is 5.70. The monoisotopic (exact) mass is 401 g/mol. The van der Waals surface area contributed by atoms with Crippen LogP contribution >= 0.6 is 0 Å². The molecule has 0 aliphatic rings. The van der Waals surface area contributed by atoms with E-state index in [4.69, 9.17) is 14.2 Å². The average Bonchev–Trinajstić information content (AvgIpc) is 2.60. The van der Waals surface area contributed by atoms with Gasteiger partial charge in [-0.15, -0.1) is 0 Å². The fraction of sp³-hybridized carbons (Fsp3) is 0.909. The molecule has 0 fully saturated rings. The third-order valence-electron chi connectivity index (χ3n) is 4.16. The molecule has 6 heteroatoms. The highest BCUT2D eigenvalue weighted by atomic mass is 16.6. The zero-order valence-electron chi connectivity index (χ0n) is 18.6. The zero-order chi connectivity index (χ0) is 21.1. The van der Waals surface area contributed by atoms with Gasteiger partial charge in [-0.1, -0.05) is 57.8 Å². The fourth-order valence-electron chi connectivity index (χ4n) is 2.78. The minimum atomic E-state index is -0.429. The van der Waals surface area contributed by atoms with E-state index in [1.54, 1.807) is 6.92 Å². The Hall–Kier alpha value is -1.30. The van der Waals surface area contributed by atoms with Crippen LogP contribution in [0.3, 0.4) is 0 Å². The van der Waals surface area contributed by atoms with E-state index in [1.807, 2.05) is 20.8 Å². The number of hydrogen-bond donors (Lipinski definition) is 1. The molecule has 0 bridgehead atoms. The number of carbonyl (C=O) groups is 2. The standard InChI is InChI=1S/C22H43NO5/c1-5-27-20(24)19-26-18-16-14-12-10-8-6-7-9-11-13-15-17-23-21(25)28-22(2,3)4/h5-19H2,1-4H3,(H,23,25). The van der Waals surface area contributed by atoms with Crippen LogP contribution in [0.1, 0.15) is 98.3 Å². The molecule has 0 spiro atoms. The van der Waals surface area contributed by atoms with Gasteiger partial charge >= 0.3 is 12.1 Å². The summed E-state index contributed by atoms with van der Waals surface area (Å²) in [6.45, 7) is 9.23. The van der Waals surface area contributed by atoms with Crippen LogP contribution in [0.15, 0.2) is 0 Å². The van der Waals surface area contributed by atoms with Gasteiger partial charge in [0.25, 0.3) is 0 Å². The Balaban J connectivity index is 3.18. The maximum atomic E-state index is 11.5. The van der Waals surface area contributed by atoms with Gasteiger partial charge in [0.15, 0.2) is 0 Å². The molecule has 28 heavy (non-hydrogen) atoms. The molecular formula is C22H43NO5. The first kappa shape index (κ1) is 26.7. The van der Waals surface area contributed by atoms with Gasteiger partial charge in [0.05, 0.1) is 6.61 Å². The Labute approximate surface area is 172 Å². The first-order chi connectivity index (χ1) is 13.3. The summed E-state index contributed by atoms with van der Waals surface area (Å²) in [4.78, 5) is 22.6. The number of alkyl carbamates (subject to hydrolysis) is 1. The van der Waals surface area contributed by atoms with Crippen molar-refractivity contribution in [2.24, 2.45) is 0 Å². The normalized spacial score (nSPS) is 11.3. The molecule has 1 amide bonds. The first-order valence-corrected chi connectivity index (χ1v) is 11.1. The van der Waals surface area contributed by atoms with Crippen LogP contribution in [0.25, 0.3) is 0 Å². The SMILES string of the molecule is CCOC(=O)COCCCCCCCCCCCCCNC(=O)OC(C)(C)C. The van der Waals surface area contributed by atoms with Crippen molar-refractivity contribution in [2.45, 2.75) is 104 Å². The van der Waals surface area contributed by atoms with Crippen molar-refractivity contribution in [2.75, 3.05) is 26.4 Å². The molecule has 0 aliphatic heterocycles. The predicted molar refractivity (Wildman–Crippen MR) is 112 cm³/mol. The lowest BCUT2D eigenvalue weighted by molar-refractivity contribution is -0.148. The Morgan fingerprint density at radius 3 is 1.79 bits per heavy atom. The molecule has 0 aliphatic carbocycles. The molecule has 0 rings (SSSR count). The molecule has 0 saturated heterocycles. The van der Waals surface area contributed by atoms with Gasteiger partial charge < -0.3 is 19.5 Å². The summed E-state index contributed by atoms with van der Waals surface area (Å²) in [5, 5.41) is 2.80. The van der Waals surface area contributed by atoms with Crippen LogP contribution in [-0.4, -0.2) is 44.0 Å². The Morgan fingerprint density at radius 2 is 1.29 bits per heavy atom. The van der Waals surface area contributed by atoms with E-state index in [2.05, 4.69) is 5.32 Å². The second-order valence-corrected chi connectivity index (χ2v) is 8.18. The van der Waals surface area contributed by atoms with E-state index in [9.17, 15) is 9.59 Å². The van der Waals surface area contributed by atoms with Crippen molar-refractivity contribution < 1.29 is 23.8 Å². The maximum Gasteiger partial charge on any atom is 0.407 e. The lowest BCUT2D eigenvalue weighted by Crippen LogP contribution is -2.32. The van der Waals surface area contributed by atoms with Gasteiger partial charge in [-0.25, -0.2) is 9.59 Å². The van der Waals surface area contributed by atoms with E-state index in [0.717, 1.165) is 25.7 Å². The van der Waals surface area contributed by atoms with Crippen LogP contribution in [0.4, 0.5) is 4.79 Å². The molecule has 0 saturated carbocycles. The fourth-order valence-corrected chi connectivity index (χ4v) is 2.78. The molecule has 0 aromatic carbocycles. The van der Waals surface area contributed by atoms with Crippen molar-refractivity contribution in [3.8, 4) is 0 Å². The summed E-state index contributed by atoms with van der Waals surface area (Å²) in [5.74, 6) is -0.276. The maximum absolute atomic E-state index is 11.5. The van der Waals surface area contributed by atoms with E-state index in [-0.39, 0.29) is 18.7 Å². The van der Waals surface area contributed by atoms with Gasteiger partial charge in [0, 0.05) is 13.2 Å². The minimum Gasteiger partial charge on any atom is -0.464 e. The molecule has 1 N–H and O–H groups in total. The number of carbonyl (C=O) groups excluding carboxylic acids is 2. The van der Waals surface area contributed by atoms with Crippen molar-refractivity contribution in [1.82, 2.24) is 5.32 Å². The number of unbranched alkanes of at least 4 members (excludes halogenated alkanes) is 10. The molecule has 0 aromatic rings. The molecule has 0 heterocycles. The Morgan fingerprint density at radius 1 is 0.786 bits per heavy atom. The predicted octanol–water partition coefficient (Wildman–Crippen LogP) is 5.38. The number of rotatable bonds is 17. The van der Waals surface area contributed by atoms with Crippen LogP contribution in [-0.2, 0) is 19.0 Å². The molecular weight excluding hydrogens is 358 g/mol. The van der Waals surface area contributed by atoms with E-state index in [1.165, 1.54) is 44.9 Å². The number of nitrogens with one attached hydrogen (secondary N) is 1. The second kappa shape index (κ2) is 17.8. The number of ether oxygens (including phenoxy) is 3. The molecule has 0 radical (unpaired) electrons. The number of esters is 1. The summed E-state index contributed by atoms with van der Waals surface area (Å²) < 4.78 is 15.3. The Kier molecular flexibility index (Phi) is 16.9. The van der Waals surface area contributed by atoms with E-state index in [0.29, 0.717) is 19.8 Å². The third-order valence-corrected chi connectivity index (χ3v) is 4.16. The van der Waals surface area contributed by atoms with Crippen molar-refractivity contribution in [3.05, 3.63) is 0 Å². The molecule has 0 aromatic heterocycles. The average molecular weight is 402 g/mol. The zero-order valence-corrected chi connectivity index (χ0v) is 18.6. The summed E-state index contributed by atoms with van der Waals surface area (Å²) in [7, 11) is 0. The number of hydrogen-bond acceptors (Lipinski definition) is 5. The van der Waals surface area contributed by atoms with Gasteiger partial charge in [0.2, 0.25) is 0 Å². The van der Waals surface area contributed by atoms with E-state index >= 15 is 0 Å². The van der Waals surface area contributed by atoms with Gasteiger partial charge in [-0.05, 0) is 40.5 Å². The third kappa shape index (κ3) is 21.0. The lowest BCUT2D eigenvalue weighted by Gasteiger charge is -2.19. The molecule has 0 unspecified atom stereocenters. The van der Waals surface area contributed by atoms with Crippen molar-refractivity contribution in [3.63, 3.8) is 0 Å². The number of amides is 1. The second-order valence-electron chi connectivity index (χ2n) is 8.18. The van der Waals surface area contributed by atoms with Crippen molar-refractivity contribution in [1.29, 1.82) is 0 Å². The topological polar surface area (TPSA) is 73.9 Å². The highest BCUT2D eigenvalue weighted by Crippen LogP contribution is 2.11. The van der Waals surface area contributed by atoms with Gasteiger partial charge in [0.1, 0.15) is 12.2 Å². The summed E-state index contributed by atoms with van der Waals surface area (Å²) in [6.07, 6.45) is 12.9. The quantitative estimate of drug-likeness (QED) is 0.261. The molecule has 6 nitrogen and oxygen atoms in total. The summed E-state index contributed by atoms with van der Waals surface area (Å²) in [6, 6.07) is 0. The lowest BCUT2D eigenvalue weighted by atomic mass is 10.1. The largest absolute Gasteiger partial charge is 0.464 e. The van der Waals surface area contributed by atoms with Crippen LogP contribution in [0.5, 0.6) is 0 Å². The Bertz CT molecular complexity index is 393. The highest BCUT2D eigenvalue weighted by Gasteiger charge is 2.15. The summed E-state index contributed by atoms with van der Waals surface area (Å²) in [5.41, 5.74) is -0.429. The van der Waals surface area contributed by atoms with Gasteiger partial charge in [-0.2, -0.15) is 0 Å². The molecule has 0 atom stereocenters. The van der Waals surface area contributed by atoms with Crippen LogP contribution in [0, 0.1) is 0 Å². The van der Waals surface area contributed by atoms with Crippen molar-refractivity contribution >= 4 is 12.1 Å². The smallest absolute Gasteiger partial charge is 0.407 e. The van der Waals surface area contributed by atoms with Crippen LogP contribution < -0.4 is 5.32 Å². The first-order valence-electron chi connectivity index (χ1n) is 11.1. The van der Waals surface area contributed by atoms with Crippen LogP contribution in [0.2, 0.25) is 0 Å². The molecule has 166 valence electrons.